The van der Waals surface area contributed by atoms with Crippen LogP contribution in [0.25, 0.3) is 0 Å². The van der Waals surface area contributed by atoms with Gasteiger partial charge in [0.15, 0.2) is 0 Å². The molecule has 1 saturated heterocycles. The molecule has 264 valence electrons. The Balaban J connectivity index is 1.56. The molecule has 1 unspecified atom stereocenters. The number of unbranched alkanes of at least 4 members (excludes halogenated alkanes) is 1. The van der Waals surface area contributed by atoms with Crippen LogP contribution in [-0.2, 0) is 24.0 Å². The fourth-order valence-electron chi connectivity index (χ4n) is 6.78. The highest BCUT2D eigenvalue weighted by Crippen LogP contribution is 2.43. The maximum absolute atomic E-state index is 14.5. The summed E-state index contributed by atoms with van der Waals surface area (Å²) in [5.74, 6) is -3.31. The lowest BCUT2D eigenvalue weighted by molar-refractivity contribution is -0.146. The number of aromatic nitrogens is 2. The number of rotatable bonds is 13. The van der Waals surface area contributed by atoms with Crippen molar-refractivity contribution in [2.45, 2.75) is 130 Å². The molecule has 0 radical (unpaired) electrons. The van der Waals surface area contributed by atoms with Gasteiger partial charge in [0.2, 0.25) is 23.5 Å². The van der Waals surface area contributed by atoms with Crippen LogP contribution in [-0.4, -0.2) is 86.9 Å². The summed E-state index contributed by atoms with van der Waals surface area (Å²) in [5, 5.41) is 11.3. The molecule has 1 aromatic rings. The number of hydrogen-bond acceptors (Lipinski definition) is 8. The van der Waals surface area contributed by atoms with Gasteiger partial charge in [-0.2, -0.15) is 0 Å². The van der Waals surface area contributed by atoms with E-state index in [1.807, 2.05) is 48.5 Å². The Morgan fingerprint density at radius 3 is 2.17 bits per heavy atom. The van der Waals surface area contributed by atoms with Crippen LogP contribution in [0.3, 0.4) is 0 Å². The van der Waals surface area contributed by atoms with E-state index in [0.29, 0.717) is 19.4 Å². The molecular formula is C35H53N7O6. The second kappa shape index (κ2) is 15.1. The zero-order valence-corrected chi connectivity index (χ0v) is 29.4. The molecule has 2 aliphatic carbocycles. The first kappa shape index (κ1) is 36.9. The Bertz CT molecular complexity index is 1370. The van der Waals surface area contributed by atoms with Crippen LogP contribution in [0.5, 0.6) is 0 Å². The van der Waals surface area contributed by atoms with E-state index in [1.165, 1.54) is 18.6 Å². The molecule has 2 saturated carbocycles. The van der Waals surface area contributed by atoms with E-state index in [-0.39, 0.29) is 23.6 Å². The van der Waals surface area contributed by atoms with E-state index >= 15 is 0 Å². The monoisotopic (exact) mass is 667 g/mol. The van der Waals surface area contributed by atoms with E-state index in [9.17, 15) is 28.8 Å². The number of ketones is 1. The number of likely N-dealkylation sites (tertiary alicyclic amines) is 1. The van der Waals surface area contributed by atoms with Crippen LogP contribution in [0.15, 0.2) is 18.6 Å². The van der Waals surface area contributed by atoms with Crippen molar-refractivity contribution in [3.8, 4) is 0 Å². The van der Waals surface area contributed by atoms with Gasteiger partial charge in [0, 0.05) is 25.0 Å². The average molecular weight is 668 g/mol. The zero-order chi connectivity index (χ0) is 35.4. The van der Waals surface area contributed by atoms with Crippen molar-refractivity contribution in [3.05, 3.63) is 24.3 Å². The van der Waals surface area contributed by atoms with Crippen molar-refractivity contribution in [1.82, 2.24) is 36.1 Å². The number of carbonyl (C=O) groups is 6. The summed E-state index contributed by atoms with van der Waals surface area (Å²) in [6.07, 6.45) is 10.1. The van der Waals surface area contributed by atoms with Gasteiger partial charge < -0.3 is 26.2 Å². The summed E-state index contributed by atoms with van der Waals surface area (Å²) in [5.41, 5.74) is -1.43. The fourth-order valence-corrected chi connectivity index (χ4v) is 6.78. The maximum atomic E-state index is 14.5. The molecule has 4 N–H and O–H groups in total. The SMILES string of the molecule is CCCCC(NC(=O)[C@@H]1[C@H]2CCC[C@H]2CN1C(=O)[C@@H](NC(=O)[C@@H](NC(=O)c1cnccn1)C(C)(C)C)C(C)(C)C)C(=O)C(=O)NC1CC1. The number of amides is 5. The smallest absolute Gasteiger partial charge is 0.289 e. The van der Waals surface area contributed by atoms with Gasteiger partial charge in [-0.05, 0) is 54.8 Å². The van der Waals surface area contributed by atoms with Crippen LogP contribution in [0.1, 0.15) is 110 Å². The molecule has 0 aromatic carbocycles. The molecule has 1 aliphatic heterocycles. The number of nitrogens with one attached hydrogen (secondary N) is 4. The normalized spacial score (nSPS) is 22.6. The largest absolute Gasteiger partial charge is 0.347 e. The second-order valence-electron chi connectivity index (χ2n) is 15.8. The molecule has 3 fully saturated rings. The third kappa shape index (κ3) is 8.96. The minimum absolute atomic E-state index is 0.00826. The summed E-state index contributed by atoms with van der Waals surface area (Å²) in [6, 6.07) is -3.87. The standard InChI is InChI=1S/C35H53N7O6/c1-8-9-13-23(26(43)31(46)38-21-14-15-21)39-30(45)25-22-12-10-11-20(22)19-42(25)33(48)28(35(5,6)7)41-32(47)27(34(2,3)4)40-29(44)24-18-36-16-17-37-24/h16-18,20-23,25,27-28H,8-15,19H2,1-7H3,(H,38,46)(H,39,45)(H,40,44)(H,41,47)/t20-,22-,23?,25-,27+,28+/m0/s1. The van der Waals surface area contributed by atoms with Crippen molar-refractivity contribution in [2.75, 3.05) is 6.54 Å². The first-order valence-electron chi connectivity index (χ1n) is 17.4. The highest BCUT2D eigenvalue weighted by atomic mass is 16.2. The lowest BCUT2D eigenvalue weighted by Crippen LogP contribution is -2.63. The van der Waals surface area contributed by atoms with Crippen LogP contribution in [0.2, 0.25) is 0 Å². The summed E-state index contributed by atoms with van der Waals surface area (Å²) in [6.45, 7) is 13.3. The maximum Gasteiger partial charge on any atom is 0.289 e. The van der Waals surface area contributed by atoms with E-state index in [2.05, 4.69) is 31.2 Å². The molecule has 13 nitrogen and oxygen atoms in total. The first-order valence-corrected chi connectivity index (χ1v) is 17.4. The van der Waals surface area contributed by atoms with Gasteiger partial charge in [0.1, 0.15) is 23.8 Å². The van der Waals surface area contributed by atoms with Crippen LogP contribution in [0, 0.1) is 22.7 Å². The summed E-state index contributed by atoms with van der Waals surface area (Å²) >= 11 is 0. The van der Waals surface area contributed by atoms with Crippen molar-refractivity contribution in [2.24, 2.45) is 22.7 Å². The highest BCUT2D eigenvalue weighted by Gasteiger charge is 2.52. The fraction of sp³-hybridized carbons (Fsp3) is 0.714. The van der Waals surface area contributed by atoms with Crippen LogP contribution in [0.4, 0.5) is 0 Å². The number of nitrogens with zero attached hydrogens (tertiary/aromatic N) is 3. The lowest BCUT2D eigenvalue weighted by atomic mass is 9.82. The van der Waals surface area contributed by atoms with Gasteiger partial charge >= 0.3 is 0 Å². The highest BCUT2D eigenvalue weighted by molar-refractivity contribution is 6.38. The molecule has 13 heteroatoms. The quantitative estimate of drug-likeness (QED) is 0.231. The van der Waals surface area contributed by atoms with Crippen molar-refractivity contribution in [3.63, 3.8) is 0 Å². The van der Waals surface area contributed by atoms with E-state index in [0.717, 1.165) is 38.5 Å². The topological polar surface area (TPSA) is 180 Å². The van der Waals surface area contributed by atoms with Crippen molar-refractivity contribution >= 4 is 35.3 Å². The Morgan fingerprint density at radius 1 is 0.896 bits per heavy atom. The Labute approximate surface area is 283 Å². The van der Waals surface area contributed by atoms with Gasteiger partial charge in [-0.3, -0.25) is 33.8 Å². The predicted octanol–water partition coefficient (Wildman–Crippen LogP) is 2.30. The first-order chi connectivity index (χ1) is 22.5. The molecule has 48 heavy (non-hydrogen) atoms. The van der Waals surface area contributed by atoms with Gasteiger partial charge in [-0.1, -0.05) is 67.7 Å². The molecule has 1 aromatic heterocycles. The number of Topliss-reactive ketones (excluding diaryl/α,β-unsaturated/α-hetero) is 1. The van der Waals surface area contributed by atoms with Crippen LogP contribution < -0.4 is 21.3 Å². The predicted molar refractivity (Wildman–Crippen MR) is 178 cm³/mol. The van der Waals surface area contributed by atoms with Gasteiger partial charge in [0.25, 0.3) is 11.8 Å². The summed E-state index contributed by atoms with van der Waals surface area (Å²) in [7, 11) is 0. The molecule has 6 atom stereocenters. The second-order valence-corrected chi connectivity index (χ2v) is 15.8. The number of carbonyl (C=O) groups excluding carboxylic acids is 6. The van der Waals surface area contributed by atoms with Gasteiger partial charge in [-0.15, -0.1) is 0 Å². The molecule has 4 rings (SSSR count). The minimum atomic E-state index is -1.03. The average Bonchev–Trinajstić information content (AvgIpc) is 3.59. The van der Waals surface area contributed by atoms with E-state index < -0.39 is 70.3 Å². The molecule has 2 heterocycles. The third-order valence-electron chi connectivity index (χ3n) is 9.66. The third-order valence-corrected chi connectivity index (χ3v) is 9.66. The lowest BCUT2D eigenvalue weighted by Gasteiger charge is -2.38. The zero-order valence-electron chi connectivity index (χ0n) is 29.4. The van der Waals surface area contributed by atoms with Crippen molar-refractivity contribution < 1.29 is 28.8 Å². The van der Waals surface area contributed by atoms with Crippen LogP contribution >= 0.6 is 0 Å². The molecule has 0 spiro atoms. The van der Waals surface area contributed by atoms with E-state index in [1.54, 1.807) is 4.90 Å². The Morgan fingerprint density at radius 2 is 1.58 bits per heavy atom. The molecule has 5 amide bonds. The number of fused-ring (bicyclic) bond motifs is 1. The molecule has 3 aliphatic rings. The van der Waals surface area contributed by atoms with Gasteiger partial charge in [0.05, 0.1) is 12.2 Å². The Hall–Kier alpha value is -3.90. The molecular weight excluding hydrogens is 614 g/mol. The summed E-state index contributed by atoms with van der Waals surface area (Å²) in [4.78, 5) is 90.9. The summed E-state index contributed by atoms with van der Waals surface area (Å²) < 4.78 is 0. The molecule has 0 bridgehead atoms. The van der Waals surface area contributed by atoms with E-state index in [4.69, 9.17) is 0 Å². The van der Waals surface area contributed by atoms with Gasteiger partial charge in [-0.25, -0.2) is 4.98 Å². The minimum Gasteiger partial charge on any atom is -0.347 e. The van der Waals surface area contributed by atoms with Crippen molar-refractivity contribution in [1.29, 1.82) is 0 Å². The Kier molecular flexibility index (Phi) is 11.6. The number of hydrogen-bond donors (Lipinski definition) is 4.